The quantitative estimate of drug-likeness (QED) is 0.595. The van der Waals surface area contributed by atoms with Crippen LogP contribution in [0, 0.1) is 11.2 Å². The summed E-state index contributed by atoms with van der Waals surface area (Å²) in [4.78, 5) is 16.3. The van der Waals surface area contributed by atoms with Crippen molar-refractivity contribution < 1.29 is 22.3 Å². The zero-order valence-corrected chi connectivity index (χ0v) is 19.6. The van der Waals surface area contributed by atoms with Gasteiger partial charge in [-0.3, -0.25) is 10.2 Å². The summed E-state index contributed by atoms with van der Waals surface area (Å²) in [5, 5.41) is 13.3. The third kappa shape index (κ3) is 4.66. The van der Waals surface area contributed by atoms with Gasteiger partial charge in [0.25, 0.3) is 5.91 Å². The molecule has 0 unspecified atom stereocenters. The van der Waals surface area contributed by atoms with Crippen molar-refractivity contribution in [2.24, 2.45) is 10.1 Å². The van der Waals surface area contributed by atoms with Gasteiger partial charge in [0.2, 0.25) is 19.4 Å². The van der Waals surface area contributed by atoms with Gasteiger partial charge in [-0.1, -0.05) is 18.2 Å². The number of hydrogen-bond acceptors (Lipinski definition) is 7. The van der Waals surface area contributed by atoms with Crippen LogP contribution >= 0.6 is 27.7 Å². The van der Waals surface area contributed by atoms with Crippen molar-refractivity contribution in [1.82, 2.24) is 5.01 Å². The Balaban J connectivity index is 1.54. The monoisotopic (exact) mass is 536 g/mol. The molecule has 1 amide bonds. The number of hydrogen-bond donors (Lipinski definition) is 1. The Morgan fingerprint density at radius 1 is 1.25 bits per heavy atom. The van der Waals surface area contributed by atoms with E-state index in [-0.39, 0.29) is 33.4 Å². The molecule has 32 heavy (non-hydrogen) atoms. The summed E-state index contributed by atoms with van der Waals surface area (Å²) < 4.78 is 42.6. The van der Waals surface area contributed by atoms with E-state index in [1.807, 2.05) is 0 Å². The summed E-state index contributed by atoms with van der Waals surface area (Å²) in [6.45, 7) is 0.243. The molecule has 0 fully saturated rings. The smallest absolute Gasteiger partial charge is 0.283 e. The maximum absolute atomic E-state index is 13.0. The first-order valence-corrected chi connectivity index (χ1v) is 12.5. The van der Waals surface area contributed by atoms with Gasteiger partial charge in [-0.05, 0) is 69.2 Å². The van der Waals surface area contributed by atoms with Gasteiger partial charge in [0, 0.05) is 6.26 Å². The van der Waals surface area contributed by atoms with Crippen molar-refractivity contribution in [2.75, 3.05) is 6.26 Å². The molecule has 0 saturated heterocycles. The lowest BCUT2D eigenvalue weighted by Gasteiger charge is -2.20. The Hall–Kier alpha value is -2.83. The normalized spacial score (nSPS) is 17.3. The molecule has 8 nitrogen and oxygen atoms in total. The SMILES string of the molecule is CS(=O)(=O)C1=NN2C(=N)/C(=C\c3ccc(OCc4ccc(F)cc4)c(Br)c3)C(=O)N=C2S1. The van der Waals surface area contributed by atoms with Crippen LogP contribution in [0.25, 0.3) is 6.08 Å². The van der Waals surface area contributed by atoms with Gasteiger partial charge in [0.15, 0.2) is 5.84 Å². The second-order valence-corrected chi connectivity index (χ2v) is 10.8. The number of hydrazone groups is 1. The van der Waals surface area contributed by atoms with Crippen LogP contribution < -0.4 is 4.74 Å². The first-order valence-electron chi connectivity index (χ1n) is 8.99. The molecule has 0 spiro atoms. The minimum Gasteiger partial charge on any atom is -0.488 e. The molecule has 2 aromatic rings. The molecule has 0 aromatic heterocycles. The van der Waals surface area contributed by atoms with Crippen LogP contribution in [-0.2, 0) is 21.2 Å². The summed E-state index contributed by atoms with van der Waals surface area (Å²) in [6, 6.07) is 11.1. The molecule has 164 valence electrons. The number of carbonyl (C=O) groups is 1. The number of nitrogens with one attached hydrogen (secondary N) is 1. The van der Waals surface area contributed by atoms with Gasteiger partial charge >= 0.3 is 0 Å². The fraction of sp³-hybridized carbons (Fsp3) is 0.100. The number of amidine groups is 2. The zero-order chi connectivity index (χ0) is 23.0. The van der Waals surface area contributed by atoms with Crippen LogP contribution in [0.1, 0.15) is 11.1 Å². The highest BCUT2D eigenvalue weighted by molar-refractivity contribution is 9.10. The first-order chi connectivity index (χ1) is 15.1. The van der Waals surface area contributed by atoms with E-state index in [2.05, 4.69) is 26.0 Å². The van der Waals surface area contributed by atoms with E-state index < -0.39 is 15.7 Å². The number of benzene rings is 2. The number of halogens is 2. The largest absolute Gasteiger partial charge is 0.488 e. The van der Waals surface area contributed by atoms with Crippen molar-refractivity contribution in [3.05, 3.63) is 69.5 Å². The van der Waals surface area contributed by atoms with Crippen LogP contribution in [0.4, 0.5) is 4.39 Å². The molecule has 12 heteroatoms. The molecular formula is C20H14BrFN4O4S2. The van der Waals surface area contributed by atoms with E-state index in [0.29, 0.717) is 15.8 Å². The Morgan fingerprint density at radius 2 is 1.97 bits per heavy atom. The topological polar surface area (TPSA) is 112 Å². The number of fused-ring (bicyclic) bond motifs is 1. The predicted molar refractivity (Wildman–Crippen MR) is 125 cm³/mol. The van der Waals surface area contributed by atoms with E-state index in [4.69, 9.17) is 10.1 Å². The zero-order valence-electron chi connectivity index (χ0n) is 16.4. The maximum Gasteiger partial charge on any atom is 0.283 e. The second-order valence-electron chi connectivity index (χ2n) is 6.76. The number of rotatable bonds is 4. The highest BCUT2D eigenvalue weighted by Gasteiger charge is 2.38. The van der Waals surface area contributed by atoms with Gasteiger partial charge in [-0.2, -0.15) is 10.0 Å². The standard InChI is InChI=1S/C20H14BrFN4O4S2/c1-32(28,29)20-25-26-17(23)14(18(27)24-19(26)31-20)8-12-4-7-16(15(21)9-12)30-10-11-2-5-13(22)6-3-11/h2-9,23H,10H2,1H3/b14-8+,23-17?. The van der Waals surface area contributed by atoms with Gasteiger partial charge in [-0.15, -0.1) is 5.10 Å². The molecular weight excluding hydrogens is 523 g/mol. The third-order valence-electron chi connectivity index (χ3n) is 4.33. The van der Waals surface area contributed by atoms with E-state index in [1.165, 1.54) is 18.2 Å². The molecule has 2 aromatic carbocycles. The van der Waals surface area contributed by atoms with Gasteiger partial charge in [0.05, 0.1) is 10.0 Å². The van der Waals surface area contributed by atoms with Gasteiger partial charge < -0.3 is 4.74 Å². The number of aliphatic imine (C=N–C) groups is 1. The number of ether oxygens (including phenoxy) is 1. The molecule has 2 aliphatic heterocycles. The van der Waals surface area contributed by atoms with Gasteiger partial charge in [0.1, 0.15) is 18.2 Å². The fourth-order valence-electron chi connectivity index (χ4n) is 2.76. The van der Waals surface area contributed by atoms with Crippen molar-refractivity contribution >= 4 is 64.9 Å². The molecule has 0 atom stereocenters. The lowest BCUT2D eigenvalue weighted by molar-refractivity contribution is -0.114. The molecule has 1 N–H and O–H groups in total. The highest BCUT2D eigenvalue weighted by Crippen LogP contribution is 2.31. The number of carbonyl (C=O) groups excluding carboxylic acids is 1. The number of amides is 1. The Bertz CT molecular complexity index is 1340. The lowest BCUT2D eigenvalue weighted by atomic mass is 10.1. The summed E-state index contributed by atoms with van der Waals surface area (Å²) in [5.74, 6) is -0.706. The van der Waals surface area contributed by atoms with Crippen molar-refractivity contribution in [3.8, 4) is 5.75 Å². The summed E-state index contributed by atoms with van der Waals surface area (Å²) in [5.41, 5.74) is 1.37. The summed E-state index contributed by atoms with van der Waals surface area (Å²) >= 11 is 4.15. The van der Waals surface area contributed by atoms with Crippen LogP contribution in [0.5, 0.6) is 5.75 Å². The first kappa shape index (κ1) is 22.4. The van der Waals surface area contributed by atoms with Crippen LogP contribution in [0.3, 0.4) is 0 Å². The average Bonchev–Trinajstić information content (AvgIpc) is 3.16. The predicted octanol–water partition coefficient (Wildman–Crippen LogP) is 3.79. The minimum atomic E-state index is -3.59. The van der Waals surface area contributed by atoms with E-state index in [1.54, 1.807) is 30.3 Å². The van der Waals surface area contributed by atoms with Crippen LogP contribution in [0.2, 0.25) is 0 Å². The van der Waals surface area contributed by atoms with E-state index >= 15 is 0 Å². The van der Waals surface area contributed by atoms with E-state index in [0.717, 1.165) is 28.6 Å². The Labute approximate surface area is 195 Å². The summed E-state index contributed by atoms with van der Waals surface area (Å²) in [6.07, 6.45) is 2.47. The minimum absolute atomic E-state index is 0.0280. The molecule has 0 radical (unpaired) electrons. The van der Waals surface area contributed by atoms with Gasteiger partial charge in [-0.25, -0.2) is 12.8 Å². The lowest BCUT2D eigenvalue weighted by Crippen LogP contribution is -2.35. The van der Waals surface area contributed by atoms with Crippen LogP contribution in [0.15, 0.2) is 62.6 Å². The molecule has 0 aliphatic carbocycles. The number of sulfone groups is 1. The van der Waals surface area contributed by atoms with Crippen molar-refractivity contribution in [3.63, 3.8) is 0 Å². The number of thioether (sulfide) groups is 1. The third-order valence-corrected chi connectivity index (χ3v) is 7.52. The summed E-state index contributed by atoms with van der Waals surface area (Å²) in [7, 11) is -3.59. The van der Waals surface area contributed by atoms with Crippen molar-refractivity contribution in [1.29, 1.82) is 5.41 Å². The van der Waals surface area contributed by atoms with Crippen LogP contribution in [-0.4, -0.2) is 41.0 Å². The molecule has 2 heterocycles. The average molecular weight is 537 g/mol. The molecule has 0 saturated carbocycles. The second kappa shape index (κ2) is 8.60. The van der Waals surface area contributed by atoms with Crippen molar-refractivity contribution in [2.45, 2.75) is 6.61 Å². The maximum atomic E-state index is 13.0. The highest BCUT2D eigenvalue weighted by atomic mass is 79.9. The molecule has 2 aliphatic rings. The Morgan fingerprint density at radius 3 is 2.62 bits per heavy atom. The Kier molecular flexibility index (Phi) is 6.01. The number of nitrogens with zero attached hydrogens (tertiary/aromatic N) is 3. The van der Waals surface area contributed by atoms with E-state index in [9.17, 15) is 17.6 Å². The molecule has 0 bridgehead atoms. The molecule has 4 rings (SSSR count). The fourth-order valence-corrected chi connectivity index (χ4v) is 4.95.